The molecular weight excluding hydrogens is 212 g/mol. The Balaban J connectivity index is 3.10. The Morgan fingerprint density at radius 3 is 2.56 bits per heavy atom. The van der Waals surface area contributed by atoms with Crippen LogP contribution in [-0.4, -0.2) is 31.3 Å². The number of ether oxygens (including phenoxy) is 1. The molecule has 0 saturated heterocycles. The molecule has 1 aromatic rings. The van der Waals surface area contributed by atoms with Gasteiger partial charge < -0.3 is 20.5 Å². The molecule has 86 valence electrons. The monoisotopic (exact) mass is 224 g/mol. The molecule has 0 radical (unpaired) electrons. The molecule has 0 aromatic heterocycles. The van der Waals surface area contributed by atoms with Crippen LogP contribution in [-0.2, 0) is 0 Å². The average molecular weight is 224 g/mol. The number of hydrogen-bond acceptors (Lipinski definition) is 3. The van der Waals surface area contributed by atoms with Gasteiger partial charge in [-0.3, -0.25) is 0 Å². The number of aromatic carboxylic acids is 1. The van der Waals surface area contributed by atoms with Crippen LogP contribution in [0, 0.1) is 0 Å². The van der Waals surface area contributed by atoms with Gasteiger partial charge in [0.2, 0.25) is 0 Å². The predicted molar refractivity (Wildman–Crippen MR) is 58.0 cm³/mol. The van der Waals surface area contributed by atoms with Gasteiger partial charge in [0.15, 0.2) is 0 Å². The van der Waals surface area contributed by atoms with Crippen LogP contribution in [0.5, 0.6) is 5.75 Å². The number of benzene rings is 1. The minimum Gasteiger partial charge on any atom is -0.497 e. The Labute approximate surface area is 92.2 Å². The molecule has 6 nitrogen and oxygen atoms in total. The zero-order valence-corrected chi connectivity index (χ0v) is 8.90. The maximum atomic E-state index is 11.1. The van der Waals surface area contributed by atoms with Gasteiger partial charge in [-0.05, 0) is 12.1 Å². The van der Waals surface area contributed by atoms with E-state index < -0.39 is 12.0 Å². The number of nitrogens with one attached hydrogen (secondary N) is 2. The Hall–Kier alpha value is -2.24. The number of methoxy groups -OCH3 is 1. The summed E-state index contributed by atoms with van der Waals surface area (Å²) in [6.45, 7) is 0. The summed E-state index contributed by atoms with van der Waals surface area (Å²) in [5.74, 6) is -0.648. The maximum Gasteiger partial charge on any atom is 0.337 e. The molecule has 3 N–H and O–H groups in total. The predicted octanol–water partition coefficient (Wildman–Crippen LogP) is 1.14. The molecule has 2 amide bonds. The van der Waals surface area contributed by atoms with Crippen molar-refractivity contribution < 1.29 is 19.4 Å². The lowest BCUT2D eigenvalue weighted by molar-refractivity contribution is 0.0698. The molecule has 0 bridgehead atoms. The standard InChI is InChI=1S/C10H12N2O4/c1-11-10(15)12-8-5-6(16-2)3-4-7(8)9(13)14/h3-5H,1-2H3,(H,13,14)(H2,11,12,15). The molecule has 1 aromatic carbocycles. The summed E-state index contributed by atoms with van der Waals surface area (Å²) in [4.78, 5) is 22.0. The quantitative estimate of drug-likeness (QED) is 0.718. The van der Waals surface area contributed by atoms with Crippen molar-refractivity contribution in [3.63, 3.8) is 0 Å². The largest absolute Gasteiger partial charge is 0.497 e. The fourth-order valence-corrected chi connectivity index (χ4v) is 1.13. The summed E-state index contributed by atoms with van der Waals surface area (Å²) in [7, 11) is 2.90. The van der Waals surface area contributed by atoms with Crippen molar-refractivity contribution in [2.45, 2.75) is 0 Å². The topological polar surface area (TPSA) is 87.7 Å². The van der Waals surface area contributed by atoms with E-state index in [9.17, 15) is 9.59 Å². The summed E-state index contributed by atoms with van der Waals surface area (Å²) in [5, 5.41) is 13.6. The van der Waals surface area contributed by atoms with Crippen LogP contribution in [0.2, 0.25) is 0 Å². The van der Waals surface area contributed by atoms with E-state index in [0.717, 1.165) is 0 Å². The van der Waals surface area contributed by atoms with Crippen molar-refractivity contribution >= 4 is 17.7 Å². The zero-order chi connectivity index (χ0) is 12.1. The molecular formula is C10H12N2O4. The Morgan fingerprint density at radius 2 is 2.06 bits per heavy atom. The van der Waals surface area contributed by atoms with E-state index in [1.165, 1.54) is 32.4 Å². The molecule has 0 fully saturated rings. The second kappa shape index (κ2) is 5.01. The smallest absolute Gasteiger partial charge is 0.337 e. The van der Waals surface area contributed by atoms with Crippen LogP contribution in [0.4, 0.5) is 10.5 Å². The highest BCUT2D eigenvalue weighted by atomic mass is 16.5. The molecule has 0 spiro atoms. The van der Waals surface area contributed by atoms with Gasteiger partial charge in [0.1, 0.15) is 5.75 Å². The molecule has 0 atom stereocenters. The number of carbonyl (C=O) groups excluding carboxylic acids is 1. The summed E-state index contributed by atoms with van der Waals surface area (Å²) in [5.41, 5.74) is 0.190. The first-order valence-electron chi connectivity index (χ1n) is 4.48. The van der Waals surface area contributed by atoms with E-state index in [-0.39, 0.29) is 11.3 Å². The van der Waals surface area contributed by atoms with E-state index in [2.05, 4.69) is 10.6 Å². The molecule has 1 rings (SSSR count). The van der Waals surface area contributed by atoms with Crippen LogP contribution >= 0.6 is 0 Å². The van der Waals surface area contributed by atoms with Crippen molar-refractivity contribution in [1.29, 1.82) is 0 Å². The van der Waals surface area contributed by atoms with Crippen LogP contribution in [0.15, 0.2) is 18.2 Å². The number of hydrogen-bond donors (Lipinski definition) is 3. The third kappa shape index (κ3) is 2.63. The number of carboxylic acids is 1. The number of amides is 2. The molecule has 0 saturated carbocycles. The fourth-order valence-electron chi connectivity index (χ4n) is 1.13. The lowest BCUT2D eigenvalue weighted by Gasteiger charge is -2.09. The maximum absolute atomic E-state index is 11.1. The van der Waals surface area contributed by atoms with Crippen molar-refractivity contribution in [2.24, 2.45) is 0 Å². The van der Waals surface area contributed by atoms with Crippen molar-refractivity contribution in [1.82, 2.24) is 5.32 Å². The van der Waals surface area contributed by atoms with Gasteiger partial charge in [0.05, 0.1) is 18.4 Å². The van der Waals surface area contributed by atoms with Gasteiger partial charge in [-0.25, -0.2) is 9.59 Å². The molecule has 0 aliphatic carbocycles. The van der Waals surface area contributed by atoms with Gasteiger partial charge in [-0.1, -0.05) is 0 Å². The molecule has 6 heteroatoms. The Bertz CT molecular complexity index is 417. The molecule has 0 aliphatic heterocycles. The van der Waals surface area contributed by atoms with E-state index in [4.69, 9.17) is 9.84 Å². The van der Waals surface area contributed by atoms with Crippen LogP contribution in [0.25, 0.3) is 0 Å². The highest BCUT2D eigenvalue weighted by Crippen LogP contribution is 2.22. The molecule has 0 heterocycles. The fraction of sp³-hybridized carbons (Fsp3) is 0.200. The number of anilines is 1. The zero-order valence-electron chi connectivity index (χ0n) is 8.90. The third-order valence-corrected chi connectivity index (χ3v) is 1.93. The van der Waals surface area contributed by atoms with Gasteiger partial charge in [-0.2, -0.15) is 0 Å². The van der Waals surface area contributed by atoms with Crippen LogP contribution in [0.1, 0.15) is 10.4 Å². The van der Waals surface area contributed by atoms with Gasteiger partial charge in [0, 0.05) is 13.1 Å². The summed E-state index contributed by atoms with van der Waals surface area (Å²) in [6.07, 6.45) is 0. The average Bonchev–Trinajstić information content (AvgIpc) is 2.28. The van der Waals surface area contributed by atoms with Crippen molar-refractivity contribution in [3.8, 4) is 5.75 Å². The first-order chi connectivity index (χ1) is 7.58. The highest BCUT2D eigenvalue weighted by molar-refractivity contribution is 6.00. The van der Waals surface area contributed by atoms with Gasteiger partial charge in [-0.15, -0.1) is 0 Å². The SMILES string of the molecule is CNC(=O)Nc1cc(OC)ccc1C(=O)O. The number of carboxylic acid groups (broad SMARTS) is 1. The lowest BCUT2D eigenvalue weighted by Crippen LogP contribution is -2.25. The van der Waals surface area contributed by atoms with E-state index >= 15 is 0 Å². The second-order valence-corrected chi connectivity index (χ2v) is 2.92. The van der Waals surface area contributed by atoms with Gasteiger partial charge in [0.25, 0.3) is 0 Å². The van der Waals surface area contributed by atoms with Crippen molar-refractivity contribution in [3.05, 3.63) is 23.8 Å². The lowest BCUT2D eigenvalue weighted by atomic mass is 10.1. The second-order valence-electron chi connectivity index (χ2n) is 2.92. The first-order valence-corrected chi connectivity index (χ1v) is 4.48. The Kier molecular flexibility index (Phi) is 3.71. The number of rotatable bonds is 3. The van der Waals surface area contributed by atoms with Gasteiger partial charge >= 0.3 is 12.0 Å². The summed E-state index contributed by atoms with van der Waals surface area (Å²) in [6, 6.07) is 3.83. The summed E-state index contributed by atoms with van der Waals surface area (Å²) >= 11 is 0. The summed E-state index contributed by atoms with van der Waals surface area (Å²) < 4.78 is 4.94. The minimum absolute atomic E-state index is 0.00407. The normalized spacial score (nSPS) is 9.38. The third-order valence-electron chi connectivity index (χ3n) is 1.93. The molecule has 0 aliphatic rings. The minimum atomic E-state index is -1.12. The molecule has 0 unspecified atom stereocenters. The number of carbonyl (C=O) groups is 2. The Morgan fingerprint density at radius 1 is 1.38 bits per heavy atom. The number of urea groups is 1. The van der Waals surface area contributed by atoms with E-state index in [0.29, 0.717) is 5.75 Å². The van der Waals surface area contributed by atoms with Crippen molar-refractivity contribution in [2.75, 3.05) is 19.5 Å². The van der Waals surface area contributed by atoms with E-state index in [1.54, 1.807) is 0 Å². The molecule has 16 heavy (non-hydrogen) atoms. The van der Waals surface area contributed by atoms with Crippen LogP contribution < -0.4 is 15.4 Å². The first kappa shape index (κ1) is 11.8. The highest BCUT2D eigenvalue weighted by Gasteiger charge is 2.12. The van der Waals surface area contributed by atoms with Crippen LogP contribution in [0.3, 0.4) is 0 Å². The van der Waals surface area contributed by atoms with E-state index in [1.807, 2.05) is 0 Å².